The van der Waals surface area contributed by atoms with E-state index >= 15 is 0 Å². The Morgan fingerprint density at radius 1 is 1.03 bits per heavy atom. The molecule has 0 saturated heterocycles. The number of rotatable bonds is 8. The van der Waals surface area contributed by atoms with Gasteiger partial charge in [-0.15, -0.1) is 0 Å². The minimum Gasteiger partial charge on any atom is -0.494 e. The van der Waals surface area contributed by atoms with E-state index in [1.807, 2.05) is 64.1 Å². The zero-order valence-electron chi connectivity index (χ0n) is 21.2. The van der Waals surface area contributed by atoms with Gasteiger partial charge >= 0.3 is 0 Å². The quantitative estimate of drug-likeness (QED) is 0.349. The lowest BCUT2D eigenvalue weighted by Crippen LogP contribution is -2.43. The molecule has 2 aromatic heterocycles. The highest BCUT2D eigenvalue weighted by Crippen LogP contribution is 2.31. The van der Waals surface area contributed by atoms with E-state index in [4.69, 9.17) is 24.7 Å². The molecule has 4 rings (SSSR count). The Hall–Kier alpha value is -4.71. The molecule has 37 heavy (non-hydrogen) atoms. The lowest BCUT2D eigenvalue weighted by atomic mass is 10.1. The molecule has 2 heterocycles. The van der Waals surface area contributed by atoms with Crippen molar-refractivity contribution in [1.82, 2.24) is 20.3 Å². The second-order valence-corrected chi connectivity index (χ2v) is 9.29. The lowest BCUT2D eigenvalue weighted by Gasteiger charge is -2.20. The first-order valence-electron chi connectivity index (χ1n) is 11.9. The summed E-state index contributed by atoms with van der Waals surface area (Å²) in [5.41, 5.74) is 2.11. The number of aromatic nitrogens is 3. The van der Waals surface area contributed by atoms with Gasteiger partial charge in [0.15, 0.2) is 12.4 Å². The van der Waals surface area contributed by atoms with Crippen LogP contribution in [0.3, 0.4) is 0 Å². The van der Waals surface area contributed by atoms with Crippen molar-refractivity contribution in [2.75, 3.05) is 18.5 Å². The van der Waals surface area contributed by atoms with Crippen molar-refractivity contribution in [3.05, 3.63) is 66.5 Å². The van der Waals surface area contributed by atoms with Gasteiger partial charge in [0, 0.05) is 16.5 Å². The molecule has 0 spiro atoms. The van der Waals surface area contributed by atoms with Crippen LogP contribution in [0.15, 0.2) is 60.8 Å². The highest BCUT2D eigenvalue weighted by molar-refractivity contribution is 5.93. The normalized spacial score (nSPS) is 11.0. The Kier molecular flexibility index (Phi) is 7.49. The van der Waals surface area contributed by atoms with Gasteiger partial charge in [0.05, 0.1) is 24.0 Å². The van der Waals surface area contributed by atoms with Gasteiger partial charge < -0.3 is 20.1 Å². The van der Waals surface area contributed by atoms with Gasteiger partial charge in [-0.3, -0.25) is 4.79 Å². The Labute approximate surface area is 215 Å². The highest BCUT2D eigenvalue weighted by atomic mass is 16.5. The molecule has 188 valence electrons. The van der Waals surface area contributed by atoms with E-state index in [0.29, 0.717) is 46.6 Å². The molecule has 9 nitrogen and oxygen atoms in total. The number of benzene rings is 2. The molecule has 0 aliphatic heterocycles. The average Bonchev–Trinajstić information content (AvgIpc) is 2.87. The third kappa shape index (κ3) is 6.70. The minimum absolute atomic E-state index is 0.0992. The molecule has 0 unspecified atom stereocenters. The van der Waals surface area contributed by atoms with E-state index in [1.165, 1.54) is 0 Å². The number of nitrogens with one attached hydrogen (secondary N) is 2. The zero-order valence-corrected chi connectivity index (χ0v) is 21.2. The van der Waals surface area contributed by atoms with Crippen molar-refractivity contribution < 1.29 is 14.3 Å². The summed E-state index contributed by atoms with van der Waals surface area (Å²) in [5.74, 6) is 2.07. The van der Waals surface area contributed by atoms with Gasteiger partial charge in [-0.2, -0.15) is 5.26 Å². The Morgan fingerprint density at radius 2 is 1.84 bits per heavy atom. The van der Waals surface area contributed by atoms with E-state index in [0.717, 1.165) is 10.9 Å². The molecule has 2 aromatic carbocycles. The second kappa shape index (κ2) is 10.9. The zero-order chi connectivity index (χ0) is 26.4. The number of carbonyl (C=O) groups is 1. The molecule has 0 radical (unpaired) electrons. The molecular weight excluding hydrogens is 468 g/mol. The first-order chi connectivity index (χ1) is 17.7. The van der Waals surface area contributed by atoms with Crippen molar-refractivity contribution >= 4 is 28.3 Å². The molecule has 0 atom stereocenters. The molecule has 1 amide bonds. The van der Waals surface area contributed by atoms with Crippen LogP contribution in [-0.2, 0) is 4.79 Å². The summed E-state index contributed by atoms with van der Waals surface area (Å²) in [5, 5.41) is 16.0. The SMILES string of the molecule is CCOc1ccc2nc(-c3cccc(OCC(=O)NC(C)(C)C)c3)nc(Nc3ccc(C#N)nc3)c2c1. The van der Waals surface area contributed by atoms with Crippen molar-refractivity contribution in [3.63, 3.8) is 0 Å². The van der Waals surface area contributed by atoms with Crippen LogP contribution in [0.25, 0.3) is 22.3 Å². The summed E-state index contributed by atoms with van der Waals surface area (Å²) in [7, 11) is 0. The van der Waals surface area contributed by atoms with Crippen LogP contribution in [-0.4, -0.2) is 39.6 Å². The maximum Gasteiger partial charge on any atom is 0.258 e. The smallest absolute Gasteiger partial charge is 0.258 e. The highest BCUT2D eigenvalue weighted by Gasteiger charge is 2.15. The van der Waals surface area contributed by atoms with Gasteiger partial charge in [0.1, 0.15) is 29.1 Å². The van der Waals surface area contributed by atoms with Crippen molar-refractivity contribution in [3.8, 4) is 29.0 Å². The standard InChI is InChI=1S/C28H28N6O3/c1-5-36-22-11-12-24-23(14-22)27(31-20-10-9-19(15-29)30-16-20)33-26(32-24)18-7-6-8-21(13-18)37-17-25(35)34-28(2,3)4/h6-14,16H,5,17H2,1-4H3,(H,34,35)(H,31,32,33). The number of hydrogen-bond acceptors (Lipinski definition) is 8. The Morgan fingerprint density at radius 3 is 2.54 bits per heavy atom. The fraction of sp³-hybridized carbons (Fsp3) is 0.250. The monoisotopic (exact) mass is 496 g/mol. The van der Waals surface area contributed by atoms with Crippen molar-refractivity contribution in [1.29, 1.82) is 5.26 Å². The Balaban J connectivity index is 1.67. The topological polar surface area (TPSA) is 122 Å². The first-order valence-corrected chi connectivity index (χ1v) is 11.9. The van der Waals surface area contributed by atoms with E-state index < -0.39 is 0 Å². The fourth-order valence-electron chi connectivity index (χ4n) is 3.59. The second-order valence-electron chi connectivity index (χ2n) is 9.29. The summed E-state index contributed by atoms with van der Waals surface area (Å²) in [6.07, 6.45) is 1.58. The Bertz CT molecular complexity index is 1460. The molecule has 0 fully saturated rings. The van der Waals surface area contributed by atoms with Crippen LogP contribution in [0.5, 0.6) is 11.5 Å². The molecule has 4 aromatic rings. The lowest BCUT2D eigenvalue weighted by molar-refractivity contribution is -0.124. The van der Waals surface area contributed by atoms with Gasteiger partial charge in [-0.1, -0.05) is 12.1 Å². The summed E-state index contributed by atoms with van der Waals surface area (Å²) in [4.78, 5) is 25.8. The number of ether oxygens (including phenoxy) is 2. The third-order valence-corrected chi connectivity index (χ3v) is 5.10. The van der Waals surface area contributed by atoms with Gasteiger partial charge in [0.25, 0.3) is 5.91 Å². The van der Waals surface area contributed by atoms with Crippen LogP contribution in [0.2, 0.25) is 0 Å². The molecule has 2 N–H and O–H groups in total. The number of hydrogen-bond donors (Lipinski definition) is 2. The van der Waals surface area contributed by atoms with Gasteiger partial charge in [0.2, 0.25) is 0 Å². The third-order valence-electron chi connectivity index (χ3n) is 5.10. The van der Waals surface area contributed by atoms with Crippen molar-refractivity contribution in [2.24, 2.45) is 0 Å². The molecule has 0 aliphatic carbocycles. The summed E-state index contributed by atoms with van der Waals surface area (Å²) in [6, 6.07) is 18.3. The van der Waals surface area contributed by atoms with Crippen molar-refractivity contribution in [2.45, 2.75) is 33.2 Å². The maximum absolute atomic E-state index is 12.2. The number of amides is 1. The first kappa shape index (κ1) is 25.4. The van der Waals surface area contributed by atoms with Crippen LogP contribution >= 0.6 is 0 Å². The number of pyridine rings is 1. The van der Waals surface area contributed by atoms with Crippen LogP contribution in [0.4, 0.5) is 11.5 Å². The van der Waals surface area contributed by atoms with Gasteiger partial charge in [-0.25, -0.2) is 15.0 Å². The van der Waals surface area contributed by atoms with Crippen LogP contribution in [0, 0.1) is 11.3 Å². The average molecular weight is 497 g/mol. The predicted molar refractivity (Wildman–Crippen MR) is 142 cm³/mol. The number of fused-ring (bicyclic) bond motifs is 1. The number of anilines is 2. The molecule has 0 saturated carbocycles. The molecular formula is C28H28N6O3. The predicted octanol–water partition coefficient (Wildman–Crippen LogP) is 5.00. The van der Waals surface area contributed by atoms with E-state index in [-0.39, 0.29) is 18.1 Å². The molecule has 0 bridgehead atoms. The number of carbonyl (C=O) groups excluding carboxylic acids is 1. The van der Waals surface area contributed by atoms with E-state index in [2.05, 4.69) is 15.6 Å². The summed E-state index contributed by atoms with van der Waals surface area (Å²) in [6.45, 7) is 8.11. The van der Waals surface area contributed by atoms with E-state index in [1.54, 1.807) is 30.5 Å². The van der Waals surface area contributed by atoms with Crippen LogP contribution < -0.4 is 20.1 Å². The molecule has 0 aliphatic rings. The van der Waals surface area contributed by atoms with Crippen LogP contribution in [0.1, 0.15) is 33.4 Å². The number of nitriles is 1. The van der Waals surface area contributed by atoms with E-state index in [9.17, 15) is 4.79 Å². The maximum atomic E-state index is 12.2. The minimum atomic E-state index is -0.336. The fourth-order valence-corrected chi connectivity index (χ4v) is 3.59. The number of nitrogens with zero attached hydrogens (tertiary/aromatic N) is 4. The summed E-state index contributed by atoms with van der Waals surface area (Å²) < 4.78 is 11.4. The largest absolute Gasteiger partial charge is 0.494 e. The molecule has 9 heteroatoms. The summed E-state index contributed by atoms with van der Waals surface area (Å²) >= 11 is 0. The van der Waals surface area contributed by atoms with Gasteiger partial charge in [-0.05, 0) is 70.2 Å².